The summed E-state index contributed by atoms with van der Waals surface area (Å²) in [6.45, 7) is 7.75. The Morgan fingerprint density at radius 1 is 1.16 bits per heavy atom. The van der Waals surface area contributed by atoms with Gasteiger partial charge in [0.15, 0.2) is 5.96 Å². The molecule has 2 atom stereocenters. The Morgan fingerprint density at radius 2 is 1.91 bits per heavy atom. The topological polar surface area (TPSA) is 92.0 Å². The van der Waals surface area contributed by atoms with Crippen LogP contribution in [-0.2, 0) is 9.53 Å². The maximum Gasteiger partial charge on any atom is 0.220 e. The van der Waals surface area contributed by atoms with Crippen molar-refractivity contribution in [3.63, 3.8) is 0 Å². The van der Waals surface area contributed by atoms with Crippen molar-refractivity contribution < 1.29 is 9.53 Å². The monoisotopic (exact) mass is 443 g/mol. The summed E-state index contributed by atoms with van der Waals surface area (Å²) in [7, 11) is 1.83. The number of ether oxygens (including phenoxy) is 1. The summed E-state index contributed by atoms with van der Waals surface area (Å²) in [5.74, 6) is 1.23. The predicted octanol–water partition coefficient (Wildman–Crippen LogP) is 2.61. The minimum absolute atomic E-state index is 0.0717. The van der Waals surface area contributed by atoms with Gasteiger partial charge in [0.25, 0.3) is 0 Å². The van der Waals surface area contributed by atoms with Crippen molar-refractivity contribution in [2.24, 2.45) is 22.6 Å². The largest absolute Gasteiger partial charge is 0.373 e. The van der Waals surface area contributed by atoms with E-state index in [-0.39, 0.29) is 17.9 Å². The maximum atomic E-state index is 11.3. The zero-order chi connectivity index (χ0) is 22.8. The number of nitrogens with zero attached hydrogens (tertiary/aromatic N) is 2. The van der Waals surface area contributed by atoms with E-state index in [0.717, 1.165) is 83.8 Å². The van der Waals surface area contributed by atoms with Gasteiger partial charge in [-0.25, -0.2) is 0 Å². The molecule has 1 aromatic carbocycles. The third-order valence-electron chi connectivity index (χ3n) is 6.79. The number of guanidine groups is 1. The first-order valence-corrected chi connectivity index (χ1v) is 12.2. The molecule has 7 nitrogen and oxygen atoms in total. The average Bonchev–Trinajstić information content (AvgIpc) is 2.82. The Hall–Kier alpha value is -2.12. The van der Waals surface area contributed by atoms with E-state index < -0.39 is 0 Å². The lowest BCUT2D eigenvalue weighted by Gasteiger charge is -2.32. The highest BCUT2D eigenvalue weighted by Gasteiger charge is 2.27. The van der Waals surface area contributed by atoms with Crippen molar-refractivity contribution in [2.45, 2.75) is 51.6 Å². The molecule has 2 aliphatic rings. The van der Waals surface area contributed by atoms with Crippen LogP contribution in [0.1, 0.15) is 55.8 Å². The second kappa shape index (κ2) is 12.8. The van der Waals surface area contributed by atoms with Crippen LogP contribution in [0.15, 0.2) is 29.3 Å². The molecule has 2 aliphatic heterocycles. The number of nitrogens with one attached hydrogen (secondary N) is 2. The zero-order valence-electron chi connectivity index (χ0n) is 19.8. The number of rotatable bonds is 9. The van der Waals surface area contributed by atoms with Crippen LogP contribution in [0.25, 0.3) is 0 Å². The summed E-state index contributed by atoms with van der Waals surface area (Å²) in [6.07, 6.45) is 6.45. The number of amides is 1. The fourth-order valence-electron chi connectivity index (χ4n) is 4.73. The van der Waals surface area contributed by atoms with E-state index in [1.165, 1.54) is 11.1 Å². The lowest BCUT2D eigenvalue weighted by atomic mass is 9.89. The number of carbonyl (C=O) groups is 1. The van der Waals surface area contributed by atoms with E-state index in [1.807, 2.05) is 7.05 Å². The molecular weight excluding hydrogens is 402 g/mol. The Bertz CT molecular complexity index is 728. The number of nitrogens with two attached hydrogens (primary N) is 1. The Kier molecular flexibility index (Phi) is 9.81. The molecule has 32 heavy (non-hydrogen) atoms. The molecule has 0 spiro atoms. The third kappa shape index (κ3) is 7.48. The smallest absolute Gasteiger partial charge is 0.220 e. The lowest BCUT2D eigenvalue weighted by Crippen LogP contribution is -2.42. The van der Waals surface area contributed by atoms with Gasteiger partial charge in [-0.3, -0.25) is 9.79 Å². The average molecular weight is 444 g/mol. The molecule has 3 rings (SSSR count). The van der Waals surface area contributed by atoms with E-state index in [0.29, 0.717) is 5.92 Å². The van der Waals surface area contributed by atoms with Gasteiger partial charge in [-0.2, -0.15) is 0 Å². The fourth-order valence-corrected chi connectivity index (χ4v) is 4.73. The fraction of sp³-hybridized carbons (Fsp3) is 0.680. The highest BCUT2D eigenvalue weighted by Crippen LogP contribution is 2.33. The number of likely N-dealkylation sites (tertiary alicyclic amines) is 1. The number of carbonyl (C=O) groups excluding carboxylic acids is 1. The molecule has 1 amide bonds. The van der Waals surface area contributed by atoms with Crippen LogP contribution < -0.4 is 16.4 Å². The second-order valence-corrected chi connectivity index (χ2v) is 9.21. The van der Waals surface area contributed by atoms with Crippen LogP contribution >= 0.6 is 0 Å². The van der Waals surface area contributed by atoms with E-state index in [1.54, 1.807) is 0 Å². The molecule has 2 unspecified atom stereocenters. The lowest BCUT2D eigenvalue weighted by molar-refractivity contribution is -0.123. The molecular formula is C25H41N5O2. The van der Waals surface area contributed by atoms with Gasteiger partial charge >= 0.3 is 0 Å². The number of hydrogen-bond donors (Lipinski definition) is 3. The molecule has 0 bridgehead atoms. The van der Waals surface area contributed by atoms with Crippen LogP contribution in [0, 0.1) is 18.8 Å². The number of aliphatic imine (C=N–C) groups is 1. The molecule has 4 N–H and O–H groups in total. The van der Waals surface area contributed by atoms with Crippen LogP contribution in [0.4, 0.5) is 0 Å². The number of benzene rings is 1. The van der Waals surface area contributed by atoms with Crippen molar-refractivity contribution >= 4 is 11.9 Å². The third-order valence-corrected chi connectivity index (χ3v) is 6.79. The maximum absolute atomic E-state index is 11.3. The minimum atomic E-state index is -0.141. The first-order valence-electron chi connectivity index (χ1n) is 12.2. The van der Waals surface area contributed by atoms with Crippen molar-refractivity contribution in [3.8, 4) is 0 Å². The summed E-state index contributed by atoms with van der Waals surface area (Å²) in [4.78, 5) is 18.1. The van der Waals surface area contributed by atoms with Crippen LogP contribution in [-0.4, -0.2) is 63.1 Å². The van der Waals surface area contributed by atoms with E-state index in [9.17, 15) is 4.79 Å². The summed E-state index contributed by atoms with van der Waals surface area (Å²) >= 11 is 0. The number of aryl methyl sites for hydroxylation is 1. The molecule has 2 heterocycles. The van der Waals surface area contributed by atoms with Gasteiger partial charge in [-0.15, -0.1) is 0 Å². The summed E-state index contributed by atoms with van der Waals surface area (Å²) < 4.78 is 6.14. The number of hydrogen-bond acceptors (Lipinski definition) is 4. The molecule has 0 saturated carbocycles. The first-order chi connectivity index (χ1) is 15.6. The summed E-state index contributed by atoms with van der Waals surface area (Å²) in [5, 5.41) is 6.96. The van der Waals surface area contributed by atoms with E-state index >= 15 is 0 Å². The SMILES string of the molecule is CN=C(NCCCCN1CCC(C(N)=O)CC1)NCC1CCCOC1c1ccc(C)cc1. The van der Waals surface area contributed by atoms with Crippen molar-refractivity contribution in [1.29, 1.82) is 0 Å². The Balaban J connectivity index is 1.33. The van der Waals surface area contributed by atoms with Crippen molar-refractivity contribution in [2.75, 3.05) is 46.4 Å². The highest BCUT2D eigenvalue weighted by molar-refractivity contribution is 5.79. The molecule has 0 aliphatic carbocycles. The standard InChI is InChI=1S/C25H41N5O2/c1-19-7-9-20(10-8-19)23-22(6-5-17-32-23)18-29-25(27-2)28-13-3-4-14-30-15-11-21(12-16-30)24(26)31/h7-10,21-23H,3-6,11-18H2,1-2H3,(H2,26,31)(H2,27,28,29). The van der Waals surface area contributed by atoms with Gasteiger partial charge in [0.2, 0.25) is 5.91 Å². The van der Waals surface area contributed by atoms with E-state index in [4.69, 9.17) is 10.5 Å². The quantitative estimate of drug-likeness (QED) is 0.310. The highest BCUT2D eigenvalue weighted by atomic mass is 16.5. The van der Waals surface area contributed by atoms with Crippen LogP contribution in [0.5, 0.6) is 0 Å². The van der Waals surface area contributed by atoms with Gasteiger partial charge in [0.1, 0.15) is 0 Å². The molecule has 7 heteroatoms. The zero-order valence-corrected chi connectivity index (χ0v) is 19.8. The van der Waals surface area contributed by atoms with Gasteiger partial charge in [0, 0.05) is 38.6 Å². The minimum Gasteiger partial charge on any atom is -0.373 e. The number of piperidine rings is 1. The molecule has 2 fully saturated rings. The Labute approximate surface area is 193 Å². The van der Waals surface area contributed by atoms with Crippen molar-refractivity contribution in [1.82, 2.24) is 15.5 Å². The Morgan fingerprint density at radius 3 is 2.59 bits per heavy atom. The van der Waals surface area contributed by atoms with Gasteiger partial charge in [-0.05, 0) is 70.6 Å². The summed E-state index contributed by atoms with van der Waals surface area (Å²) in [5.41, 5.74) is 7.96. The van der Waals surface area contributed by atoms with Crippen molar-refractivity contribution in [3.05, 3.63) is 35.4 Å². The van der Waals surface area contributed by atoms with Gasteiger partial charge < -0.3 is 26.0 Å². The molecule has 178 valence electrons. The first kappa shape index (κ1) is 24.5. The predicted molar refractivity (Wildman–Crippen MR) is 130 cm³/mol. The summed E-state index contributed by atoms with van der Waals surface area (Å²) in [6, 6.07) is 8.72. The number of primary amides is 1. The molecule has 0 radical (unpaired) electrons. The second-order valence-electron chi connectivity index (χ2n) is 9.21. The molecule has 2 saturated heterocycles. The molecule has 0 aromatic heterocycles. The van der Waals surface area contributed by atoms with Crippen LogP contribution in [0.2, 0.25) is 0 Å². The van der Waals surface area contributed by atoms with Gasteiger partial charge in [-0.1, -0.05) is 29.8 Å². The van der Waals surface area contributed by atoms with Gasteiger partial charge in [0.05, 0.1) is 6.10 Å². The van der Waals surface area contributed by atoms with E-state index in [2.05, 4.69) is 51.7 Å². The normalized spacial score (nSPS) is 23.1. The van der Waals surface area contributed by atoms with Crippen LogP contribution in [0.3, 0.4) is 0 Å². The molecule has 1 aromatic rings. The number of unbranched alkanes of at least 4 members (excludes halogenated alkanes) is 1.